The number of phenols is 1. The van der Waals surface area contributed by atoms with E-state index in [1.807, 2.05) is 0 Å². The molecule has 0 aromatic heterocycles. The highest BCUT2D eigenvalue weighted by molar-refractivity contribution is 5.95. The van der Waals surface area contributed by atoms with Gasteiger partial charge in [0.2, 0.25) is 17.7 Å². The van der Waals surface area contributed by atoms with Crippen LogP contribution < -0.4 is 27.4 Å². The first kappa shape index (κ1) is 32.7. The Morgan fingerprint density at radius 1 is 0.707 bits per heavy atom. The molecule has 0 heterocycles. The summed E-state index contributed by atoms with van der Waals surface area (Å²) in [4.78, 5) is 62.2. The molecule has 2 aromatic carbocycles. The van der Waals surface area contributed by atoms with Gasteiger partial charge in [-0.15, -0.1) is 0 Å². The maximum atomic E-state index is 13.5. The second-order valence-corrected chi connectivity index (χ2v) is 9.57. The molecule has 0 aliphatic rings. The van der Waals surface area contributed by atoms with Gasteiger partial charge in [-0.25, -0.2) is 4.79 Å². The highest BCUT2D eigenvalue weighted by Crippen LogP contribution is 2.13. The topological polar surface area (TPSA) is 234 Å². The number of hydrogen-bond acceptors (Lipinski definition) is 8. The molecule has 0 spiro atoms. The van der Waals surface area contributed by atoms with Crippen molar-refractivity contribution >= 4 is 29.7 Å². The van der Waals surface area contributed by atoms with Crippen molar-refractivity contribution in [2.24, 2.45) is 11.5 Å². The molecular weight excluding hydrogens is 534 g/mol. The van der Waals surface area contributed by atoms with E-state index in [9.17, 15) is 34.2 Å². The number of benzene rings is 2. The van der Waals surface area contributed by atoms with Crippen molar-refractivity contribution in [2.75, 3.05) is 6.54 Å². The molecule has 4 unspecified atom stereocenters. The zero-order valence-corrected chi connectivity index (χ0v) is 22.5. The number of nitrogens with one attached hydrogen (secondary N) is 3. The van der Waals surface area contributed by atoms with Crippen LogP contribution in [0, 0.1) is 0 Å². The summed E-state index contributed by atoms with van der Waals surface area (Å²) in [5, 5.41) is 35.7. The number of carboxylic acids is 2. The van der Waals surface area contributed by atoms with E-state index >= 15 is 0 Å². The molecule has 10 N–H and O–H groups in total. The van der Waals surface area contributed by atoms with Crippen LogP contribution in [0.3, 0.4) is 0 Å². The Hall–Kier alpha value is -4.49. The highest BCUT2D eigenvalue weighted by Gasteiger charge is 2.31. The molecule has 222 valence electrons. The summed E-state index contributed by atoms with van der Waals surface area (Å²) in [6.45, 7) is 0.372. The third kappa shape index (κ3) is 11.6. The van der Waals surface area contributed by atoms with Crippen LogP contribution in [-0.4, -0.2) is 75.7 Å². The fraction of sp³-hybridized carbons (Fsp3) is 0.393. The molecule has 4 atom stereocenters. The van der Waals surface area contributed by atoms with E-state index in [2.05, 4.69) is 16.0 Å². The van der Waals surface area contributed by atoms with Gasteiger partial charge in [-0.1, -0.05) is 42.5 Å². The molecule has 13 heteroatoms. The first-order valence-corrected chi connectivity index (χ1v) is 13.1. The summed E-state index contributed by atoms with van der Waals surface area (Å²) in [5.41, 5.74) is 12.4. The molecule has 0 radical (unpaired) electrons. The Morgan fingerprint density at radius 3 is 1.73 bits per heavy atom. The molecule has 13 nitrogen and oxygen atoms in total. The largest absolute Gasteiger partial charge is 0.508 e. The number of carbonyl (C=O) groups is 5. The van der Waals surface area contributed by atoms with Crippen LogP contribution >= 0.6 is 0 Å². The van der Waals surface area contributed by atoms with Crippen molar-refractivity contribution in [1.82, 2.24) is 16.0 Å². The number of rotatable bonds is 17. The number of carboxylic acid groups (broad SMARTS) is 2. The fourth-order valence-corrected chi connectivity index (χ4v) is 3.99. The van der Waals surface area contributed by atoms with E-state index in [0.29, 0.717) is 30.5 Å². The molecule has 41 heavy (non-hydrogen) atoms. The Bertz CT molecular complexity index is 1180. The predicted molar refractivity (Wildman–Crippen MR) is 149 cm³/mol. The van der Waals surface area contributed by atoms with Crippen LogP contribution in [0.4, 0.5) is 0 Å². The lowest BCUT2D eigenvalue weighted by atomic mass is 10.0. The van der Waals surface area contributed by atoms with Gasteiger partial charge in [0.1, 0.15) is 23.9 Å². The average molecular weight is 572 g/mol. The Kier molecular flexibility index (Phi) is 13.2. The number of hydrogen-bond donors (Lipinski definition) is 8. The first-order chi connectivity index (χ1) is 19.5. The van der Waals surface area contributed by atoms with Gasteiger partial charge in [-0.3, -0.25) is 19.2 Å². The number of unbranched alkanes of at least 4 members (excludes halogenated alkanes) is 1. The minimum Gasteiger partial charge on any atom is -0.508 e. The van der Waals surface area contributed by atoms with Crippen LogP contribution in [0.15, 0.2) is 54.6 Å². The van der Waals surface area contributed by atoms with E-state index in [4.69, 9.17) is 16.6 Å². The van der Waals surface area contributed by atoms with Crippen LogP contribution in [-0.2, 0) is 36.8 Å². The second kappa shape index (κ2) is 16.6. The van der Waals surface area contributed by atoms with Crippen molar-refractivity contribution in [1.29, 1.82) is 0 Å². The van der Waals surface area contributed by atoms with Gasteiger partial charge in [0, 0.05) is 12.8 Å². The second-order valence-electron chi connectivity index (χ2n) is 9.57. The third-order valence-corrected chi connectivity index (χ3v) is 6.22. The van der Waals surface area contributed by atoms with Crippen LogP contribution in [0.5, 0.6) is 5.75 Å². The van der Waals surface area contributed by atoms with E-state index < -0.39 is 60.2 Å². The lowest BCUT2D eigenvalue weighted by Crippen LogP contribution is -2.58. The summed E-state index contributed by atoms with van der Waals surface area (Å²) in [6.07, 6.45) is 0.470. The number of aromatic hydroxyl groups is 1. The van der Waals surface area contributed by atoms with Crippen molar-refractivity contribution in [3.63, 3.8) is 0 Å². The molecule has 2 aromatic rings. The monoisotopic (exact) mass is 571 g/mol. The lowest BCUT2D eigenvalue weighted by Gasteiger charge is -2.25. The maximum absolute atomic E-state index is 13.5. The summed E-state index contributed by atoms with van der Waals surface area (Å²) in [5.74, 6) is -4.95. The van der Waals surface area contributed by atoms with Crippen molar-refractivity contribution in [3.05, 3.63) is 65.7 Å². The van der Waals surface area contributed by atoms with Crippen molar-refractivity contribution in [2.45, 2.75) is 62.7 Å². The van der Waals surface area contributed by atoms with Crippen LogP contribution in [0.2, 0.25) is 0 Å². The van der Waals surface area contributed by atoms with Gasteiger partial charge in [0.15, 0.2) is 0 Å². The smallest absolute Gasteiger partial charge is 0.326 e. The van der Waals surface area contributed by atoms with Gasteiger partial charge in [-0.2, -0.15) is 0 Å². The zero-order valence-electron chi connectivity index (χ0n) is 22.5. The molecule has 0 aliphatic carbocycles. The molecule has 2 rings (SSSR count). The maximum Gasteiger partial charge on any atom is 0.326 e. The molecule has 0 fully saturated rings. The van der Waals surface area contributed by atoms with Gasteiger partial charge in [0.25, 0.3) is 0 Å². The zero-order chi connectivity index (χ0) is 30.4. The standard InChI is InChI=1S/C28H37N5O8/c29-13-5-4-8-21(28(40)41)31-26(38)23(14-17-6-2-1-3-7-17)33-27(39)22(15-18-9-11-19(34)12-10-18)32-25(37)20(30)16-24(35)36/h1-3,6-7,9-12,20-23,34H,4-5,8,13-16,29-30H2,(H,31,38)(H,32,37)(H,33,39)(H,35,36)(H,40,41). The fourth-order valence-electron chi connectivity index (χ4n) is 3.99. The number of nitrogens with two attached hydrogens (primary N) is 2. The minimum absolute atomic E-state index is 0.0127. The van der Waals surface area contributed by atoms with Gasteiger partial charge >= 0.3 is 11.9 Å². The number of aliphatic carboxylic acids is 2. The quantitative estimate of drug-likeness (QED) is 0.115. The molecule has 0 saturated heterocycles. The van der Waals surface area contributed by atoms with Crippen LogP contribution in [0.1, 0.15) is 36.8 Å². The van der Waals surface area contributed by atoms with E-state index in [1.54, 1.807) is 30.3 Å². The lowest BCUT2D eigenvalue weighted by molar-refractivity contribution is -0.142. The Morgan fingerprint density at radius 2 is 1.22 bits per heavy atom. The molecule has 0 aliphatic heterocycles. The molecule has 0 saturated carbocycles. The molecule has 0 bridgehead atoms. The summed E-state index contributed by atoms with van der Waals surface area (Å²) < 4.78 is 0. The van der Waals surface area contributed by atoms with Gasteiger partial charge < -0.3 is 42.7 Å². The summed E-state index contributed by atoms with van der Waals surface area (Å²) in [7, 11) is 0. The normalized spacial score (nSPS) is 13.7. The van der Waals surface area contributed by atoms with Crippen molar-refractivity contribution in [3.8, 4) is 5.75 Å². The van der Waals surface area contributed by atoms with E-state index in [-0.39, 0.29) is 25.0 Å². The predicted octanol–water partition coefficient (Wildman–Crippen LogP) is -0.353. The van der Waals surface area contributed by atoms with Crippen molar-refractivity contribution < 1.29 is 39.3 Å². The minimum atomic E-state index is -1.43. The number of carbonyl (C=O) groups excluding carboxylic acids is 3. The van der Waals surface area contributed by atoms with Gasteiger partial charge in [-0.05, 0) is 49.1 Å². The van der Waals surface area contributed by atoms with E-state index in [1.165, 1.54) is 24.3 Å². The van der Waals surface area contributed by atoms with Gasteiger partial charge in [0.05, 0.1) is 12.5 Å². The summed E-state index contributed by atoms with van der Waals surface area (Å²) >= 11 is 0. The average Bonchev–Trinajstić information content (AvgIpc) is 2.92. The molecule has 3 amide bonds. The summed E-state index contributed by atoms with van der Waals surface area (Å²) in [6, 6.07) is 9.47. The Balaban J connectivity index is 2.30. The number of phenolic OH excluding ortho intramolecular Hbond substituents is 1. The number of amides is 3. The molecular formula is C28H37N5O8. The van der Waals surface area contributed by atoms with Crippen LogP contribution in [0.25, 0.3) is 0 Å². The first-order valence-electron chi connectivity index (χ1n) is 13.1. The van der Waals surface area contributed by atoms with E-state index in [0.717, 1.165) is 0 Å². The highest BCUT2D eigenvalue weighted by atomic mass is 16.4. The third-order valence-electron chi connectivity index (χ3n) is 6.22. The SMILES string of the molecule is NCCCCC(NC(=O)C(Cc1ccccc1)NC(=O)C(Cc1ccc(O)cc1)NC(=O)C(N)CC(=O)O)C(=O)O. The Labute approximate surface area is 237 Å².